The average molecular weight is 344 g/mol. The van der Waals surface area contributed by atoms with Crippen molar-refractivity contribution >= 4 is 28.8 Å². The molecule has 1 aliphatic carbocycles. The van der Waals surface area contributed by atoms with Crippen LogP contribution in [0.25, 0.3) is 0 Å². The number of aromatic nitrogens is 2. The largest absolute Gasteiger partial charge is 0.478 e. The number of nitrogens with zero attached hydrogens (tertiary/aromatic N) is 2. The molecule has 7 nitrogen and oxygen atoms in total. The standard InChI is InChI=1S/C16H16N4O3S/c17-6-10-14(18-12-8-24-7-11(12)16(22)23)19-13(20-15(10)21)5-9-3-1-2-4-9/h7-9H,1-5H2,(H,22,23)(H2,18,19,20,21). The minimum Gasteiger partial charge on any atom is -0.478 e. The quantitative estimate of drug-likeness (QED) is 0.767. The van der Waals surface area contributed by atoms with Gasteiger partial charge in [-0.25, -0.2) is 9.78 Å². The second-order valence-electron chi connectivity index (χ2n) is 5.83. The SMILES string of the molecule is N#Cc1c(Nc2cscc2C(=O)O)nc(CC2CCCC2)[nH]c1=O. The Morgan fingerprint density at radius 2 is 2.21 bits per heavy atom. The molecule has 2 heterocycles. The molecule has 1 saturated carbocycles. The van der Waals surface area contributed by atoms with Crippen LogP contribution in [-0.2, 0) is 6.42 Å². The van der Waals surface area contributed by atoms with Crippen molar-refractivity contribution in [3.63, 3.8) is 0 Å². The summed E-state index contributed by atoms with van der Waals surface area (Å²) in [7, 11) is 0. The highest BCUT2D eigenvalue weighted by Gasteiger charge is 2.20. The van der Waals surface area contributed by atoms with Crippen LogP contribution < -0.4 is 10.9 Å². The van der Waals surface area contributed by atoms with E-state index in [4.69, 9.17) is 0 Å². The van der Waals surface area contributed by atoms with Gasteiger partial charge in [0.15, 0.2) is 11.4 Å². The Balaban J connectivity index is 1.94. The Morgan fingerprint density at radius 1 is 1.46 bits per heavy atom. The van der Waals surface area contributed by atoms with Crippen LogP contribution in [0.15, 0.2) is 15.6 Å². The predicted octanol–water partition coefficient (Wildman–Crippen LogP) is 2.88. The van der Waals surface area contributed by atoms with Crippen molar-refractivity contribution < 1.29 is 9.90 Å². The molecule has 3 N–H and O–H groups in total. The van der Waals surface area contributed by atoms with E-state index in [1.54, 1.807) is 5.38 Å². The van der Waals surface area contributed by atoms with Crippen molar-refractivity contribution in [2.75, 3.05) is 5.32 Å². The van der Waals surface area contributed by atoms with Crippen molar-refractivity contribution in [1.29, 1.82) is 5.26 Å². The topological polar surface area (TPSA) is 119 Å². The number of carboxylic acids is 1. The molecule has 0 bridgehead atoms. The molecule has 2 aromatic heterocycles. The van der Waals surface area contributed by atoms with Gasteiger partial charge >= 0.3 is 5.97 Å². The molecule has 0 saturated heterocycles. The molecular weight excluding hydrogens is 328 g/mol. The first-order valence-electron chi connectivity index (χ1n) is 7.68. The lowest BCUT2D eigenvalue weighted by molar-refractivity contribution is 0.0698. The van der Waals surface area contributed by atoms with Crippen molar-refractivity contribution in [1.82, 2.24) is 9.97 Å². The highest BCUT2D eigenvalue weighted by molar-refractivity contribution is 7.08. The van der Waals surface area contributed by atoms with Crippen molar-refractivity contribution in [3.8, 4) is 6.07 Å². The minimum atomic E-state index is -1.08. The number of hydrogen-bond acceptors (Lipinski definition) is 6. The molecule has 0 spiro atoms. The summed E-state index contributed by atoms with van der Waals surface area (Å²) in [6, 6.07) is 1.83. The van der Waals surface area contributed by atoms with Gasteiger partial charge in [0.2, 0.25) is 0 Å². The van der Waals surface area contributed by atoms with E-state index in [9.17, 15) is 20.0 Å². The summed E-state index contributed by atoms with van der Waals surface area (Å²) in [6.07, 6.45) is 5.26. The van der Waals surface area contributed by atoms with E-state index < -0.39 is 11.5 Å². The first-order valence-corrected chi connectivity index (χ1v) is 8.62. The zero-order valence-corrected chi connectivity index (χ0v) is 13.7. The van der Waals surface area contributed by atoms with Crippen LogP contribution in [0.5, 0.6) is 0 Å². The number of carbonyl (C=O) groups is 1. The molecule has 0 unspecified atom stereocenters. The van der Waals surface area contributed by atoms with Crippen molar-refractivity contribution in [3.05, 3.63) is 38.1 Å². The fourth-order valence-corrected chi connectivity index (χ4v) is 3.74. The molecule has 8 heteroatoms. The third kappa shape index (κ3) is 3.31. The van der Waals surface area contributed by atoms with Gasteiger partial charge in [-0.1, -0.05) is 25.7 Å². The number of nitrogens with one attached hydrogen (secondary N) is 2. The molecule has 2 aromatic rings. The van der Waals surface area contributed by atoms with Gasteiger partial charge in [-0.3, -0.25) is 4.79 Å². The molecule has 0 aliphatic heterocycles. The van der Waals surface area contributed by atoms with Gasteiger partial charge in [0, 0.05) is 17.2 Å². The lowest BCUT2D eigenvalue weighted by Crippen LogP contribution is -2.19. The first-order chi connectivity index (χ1) is 11.6. The summed E-state index contributed by atoms with van der Waals surface area (Å²) in [5.74, 6) is 0.0496. The Kier molecular flexibility index (Phi) is 4.62. The summed E-state index contributed by atoms with van der Waals surface area (Å²) in [6.45, 7) is 0. The van der Waals surface area contributed by atoms with E-state index in [1.807, 2.05) is 6.07 Å². The summed E-state index contributed by atoms with van der Waals surface area (Å²) in [4.78, 5) is 30.4. The van der Waals surface area contributed by atoms with Crippen LogP contribution >= 0.6 is 11.3 Å². The van der Waals surface area contributed by atoms with Crippen LogP contribution in [0.1, 0.15) is 47.4 Å². The number of aromatic carboxylic acids is 1. The summed E-state index contributed by atoms with van der Waals surface area (Å²) >= 11 is 1.22. The average Bonchev–Trinajstić information content (AvgIpc) is 3.18. The molecule has 124 valence electrons. The number of nitriles is 1. The summed E-state index contributed by atoms with van der Waals surface area (Å²) in [5.41, 5.74) is -0.236. The van der Waals surface area contributed by atoms with E-state index in [-0.39, 0.29) is 16.9 Å². The van der Waals surface area contributed by atoms with Gasteiger partial charge in [0.1, 0.15) is 11.9 Å². The van der Waals surface area contributed by atoms with Gasteiger partial charge in [-0.15, -0.1) is 11.3 Å². The van der Waals surface area contributed by atoms with E-state index in [2.05, 4.69) is 15.3 Å². The molecular formula is C16H16N4O3S. The smallest absolute Gasteiger partial charge is 0.338 e. The Morgan fingerprint density at radius 3 is 2.88 bits per heavy atom. The lowest BCUT2D eigenvalue weighted by atomic mass is 10.0. The highest BCUT2D eigenvalue weighted by Crippen LogP contribution is 2.28. The zero-order chi connectivity index (χ0) is 17.1. The van der Waals surface area contributed by atoms with E-state index in [0.717, 1.165) is 12.8 Å². The molecule has 1 aliphatic rings. The number of hydrogen-bond donors (Lipinski definition) is 3. The fourth-order valence-electron chi connectivity index (χ4n) is 2.99. The second kappa shape index (κ2) is 6.84. The van der Waals surface area contributed by atoms with Crippen LogP contribution in [0.3, 0.4) is 0 Å². The summed E-state index contributed by atoms with van der Waals surface area (Å²) in [5, 5.41) is 24.3. The third-order valence-corrected chi connectivity index (χ3v) is 4.93. The Hall–Kier alpha value is -2.66. The predicted molar refractivity (Wildman–Crippen MR) is 89.8 cm³/mol. The van der Waals surface area contributed by atoms with Gasteiger partial charge in [-0.05, 0) is 5.92 Å². The third-order valence-electron chi connectivity index (χ3n) is 4.18. The second-order valence-corrected chi connectivity index (χ2v) is 6.58. The van der Waals surface area contributed by atoms with Gasteiger partial charge < -0.3 is 15.4 Å². The zero-order valence-electron chi connectivity index (χ0n) is 12.8. The van der Waals surface area contributed by atoms with Crippen molar-refractivity contribution in [2.24, 2.45) is 5.92 Å². The molecule has 0 radical (unpaired) electrons. The minimum absolute atomic E-state index is 0.0864. The fraction of sp³-hybridized carbons (Fsp3) is 0.375. The number of rotatable bonds is 5. The monoisotopic (exact) mass is 344 g/mol. The van der Waals surface area contributed by atoms with Crippen LogP contribution in [-0.4, -0.2) is 21.0 Å². The van der Waals surface area contributed by atoms with Crippen molar-refractivity contribution in [2.45, 2.75) is 32.1 Å². The highest BCUT2D eigenvalue weighted by atomic mass is 32.1. The maximum Gasteiger partial charge on any atom is 0.338 e. The van der Waals surface area contributed by atoms with Crippen LogP contribution in [0, 0.1) is 17.2 Å². The normalized spacial score (nSPS) is 14.5. The van der Waals surface area contributed by atoms with Gasteiger partial charge in [0.25, 0.3) is 5.56 Å². The number of aromatic amines is 1. The Bertz CT molecular complexity index is 859. The lowest BCUT2D eigenvalue weighted by Gasteiger charge is -2.11. The summed E-state index contributed by atoms with van der Waals surface area (Å²) < 4.78 is 0. The number of thiophene rings is 1. The number of carboxylic acid groups (broad SMARTS) is 1. The van der Waals surface area contributed by atoms with Gasteiger partial charge in [-0.2, -0.15) is 5.26 Å². The molecule has 1 fully saturated rings. The molecule has 0 atom stereocenters. The maximum atomic E-state index is 12.1. The first kappa shape index (κ1) is 16.2. The van der Waals surface area contributed by atoms with E-state index in [0.29, 0.717) is 23.9 Å². The van der Waals surface area contributed by atoms with Gasteiger partial charge in [0.05, 0.1) is 11.3 Å². The van der Waals surface area contributed by atoms with Crippen LogP contribution in [0.4, 0.5) is 11.5 Å². The van der Waals surface area contributed by atoms with Crippen LogP contribution in [0.2, 0.25) is 0 Å². The van der Waals surface area contributed by atoms with E-state index >= 15 is 0 Å². The molecule has 0 amide bonds. The molecule has 3 rings (SSSR count). The Labute approximate surface area is 142 Å². The maximum absolute atomic E-state index is 12.1. The number of H-pyrrole nitrogens is 1. The molecule has 24 heavy (non-hydrogen) atoms. The molecule has 0 aromatic carbocycles. The number of anilines is 2. The van der Waals surface area contributed by atoms with E-state index in [1.165, 1.54) is 29.6 Å².